The number of nitrogens with zero attached hydrogens (tertiary/aromatic N) is 2. The summed E-state index contributed by atoms with van der Waals surface area (Å²) in [5.74, 6) is 0.605. The minimum atomic E-state index is 0.605. The average Bonchev–Trinajstić information content (AvgIpc) is 3.08. The van der Waals surface area contributed by atoms with E-state index in [9.17, 15) is 0 Å². The third-order valence-electron chi connectivity index (χ3n) is 4.07. The highest BCUT2D eigenvalue weighted by Crippen LogP contribution is 2.33. The predicted octanol–water partition coefficient (Wildman–Crippen LogP) is 3.79. The Hall–Kier alpha value is -2.75. The Morgan fingerprint density at radius 2 is 1.90 bits per heavy atom. The highest BCUT2D eigenvalue weighted by Gasteiger charge is 2.11. The Bertz CT molecular complexity index is 946. The number of aromatic nitrogens is 3. The molecule has 0 aliphatic carbocycles. The van der Waals surface area contributed by atoms with Crippen LogP contribution in [0, 0.1) is 0 Å². The van der Waals surface area contributed by atoms with Crippen LogP contribution in [0.1, 0.15) is 6.92 Å². The van der Waals surface area contributed by atoms with Crippen molar-refractivity contribution in [3.8, 4) is 11.1 Å². The number of benzene rings is 2. The fourth-order valence-electron chi connectivity index (χ4n) is 3.09. The lowest BCUT2D eigenvalue weighted by atomic mass is 10.0. The number of hydrogen-bond donors (Lipinski definition) is 2. The van der Waals surface area contributed by atoms with Gasteiger partial charge in [-0.3, -0.25) is 5.10 Å². The number of anilines is 1. The summed E-state index contributed by atoms with van der Waals surface area (Å²) < 4.78 is 2.34. The maximum absolute atomic E-state index is 5.94. The molecular weight excluding hydrogens is 260 g/mol. The van der Waals surface area contributed by atoms with Gasteiger partial charge in [-0.1, -0.05) is 24.3 Å². The highest BCUT2D eigenvalue weighted by molar-refractivity contribution is 6.09. The van der Waals surface area contributed by atoms with Crippen LogP contribution in [0.2, 0.25) is 0 Å². The Morgan fingerprint density at radius 3 is 2.67 bits per heavy atom. The molecule has 2 aromatic heterocycles. The molecule has 0 bridgehead atoms. The monoisotopic (exact) mass is 276 g/mol. The average molecular weight is 276 g/mol. The van der Waals surface area contributed by atoms with Gasteiger partial charge in [-0.25, -0.2) is 0 Å². The van der Waals surface area contributed by atoms with Gasteiger partial charge >= 0.3 is 0 Å². The number of hydrogen-bond acceptors (Lipinski definition) is 2. The van der Waals surface area contributed by atoms with Gasteiger partial charge < -0.3 is 10.3 Å². The van der Waals surface area contributed by atoms with Gasteiger partial charge in [-0.2, -0.15) is 5.10 Å². The van der Waals surface area contributed by atoms with Crippen LogP contribution in [0.25, 0.3) is 32.9 Å². The molecule has 0 unspecified atom stereocenters. The van der Waals surface area contributed by atoms with Crippen molar-refractivity contribution in [3.63, 3.8) is 0 Å². The molecule has 0 fully saturated rings. The van der Waals surface area contributed by atoms with Crippen molar-refractivity contribution in [2.75, 3.05) is 5.73 Å². The van der Waals surface area contributed by atoms with Gasteiger partial charge in [-0.05, 0) is 30.7 Å². The third kappa shape index (κ3) is 1.65. The van der Waals surface area contributed by atoms with E-state index in [1.165, 1.54) is 21.8 Å². The summed E-state index contributed by atoms with van der Waals surface area (Å²) in [5.41, 5.74) is 10.5. The third-order valence-corrected chi connectivity index (χ3v) is 4.07. The van der Waals surface area contributed by atoms with Gasteiger partial charge in [0.25, 0.3) is 0 Å². The van der Waals surface area contributed by atoms with Crippen LogP contribution in [0.4, 0.5) is 5.82 Å². The van der Waals surface area contributed by atoms with Gasteiger partial charge in [0.05, 0.1) is 6.20 Å². The van der Waals surface area contributed by atoms with Crippen molar-refractivity contribution in [3.05, 3.63) is 48.7 Å². The van der Waals surface area contributed by atoms with Crippen molar-refractivity contribution >= 4 is 27.6 Å². The van der Waals surface area contributed by atoms with Crippen molar-refractivity contribution in [2.24, 2.45) is 0 Å². The van der Waals surface area contributed by atoms with E-state index >= 15 is 0 Å². The molecule has 4 aromatic rings. The zero-order valence-electron chi connectivity index (χ0n) is 11.8. The maximum atomic E-state index is 5.94. The van der Waals surface area contributed by atoms with E-state index in [1.807, 2.05) is 0 Å². The molecule has 0 saturated heterocycles. The van der Waals surface area contributed by atoms with Crippen molar-refractivity contribution in [1.82, 2.24) is 14.8 Å². The fourth-order valence-corrected chi connectivity index (χ4v) is 3.09. The molecule has 4 rings (SSSR count). The number of para-hydroxylation sites is 1. The lowest BCUT2D eigenvalue weighted by Gasteiger charge is -2.04. The summed E-state index contributed by atoms with van der Waals surface area (Å²) >= 11 is 0. The number of fused-ring (bicyclic) bond motifs is 3. The van der Waals surface area contributed by atoms with Gasteiger partial charge in [-0.15, -0.1) is 0 Å². The van der Waals surface area contributed by atoms with Crippen LogP contribution >= 0.6 is 0 Å². The summed E-state index contributed by atoms with van der Waals surface area (Å²) in [6.45, 7) is 3.13. The molecule has 3 N–H and O–H groups in total. The van der Waals surface area contributed by atoms with Crippen LogP contribution < -0.4 is 5.73 Å². The van der Waals surface area contributed by atoms with E-state index in [0.29, 0.717) is 5.82 Å². The second kappa shape index (κ2) is 4.38. The van der Waals surface area contributed by atoms with E-state index in [-0.39, 0.29) is 0 Å². The predicted molar refractivity (Wildman–Crippen MR) is 87.1 cm³/mol. The normalized spacial score (nSPS) is 11.5. The lowest BCUT2D eigenvalue weighted by Crippen LogP contribution is -1.92. The molecule has 0 radical (unpaired) electrons. The van der Waals surface area contributed by atoms with Crippen LogP contribution in [-0.2, 0) is 6.54 Å². The first-order valence-electron chi connectivity index (χ1n) is 7.10. The van der Waals surface area contributed by atoms with E-state index in [1.54, 1.807) is 6.20 Å². The number of nitrogen functional groups attached to an aromatic ring is 1. The molecule has 0 amide bonds. The van der Waals surface area contributed by atoms with Crippen LogP contribution in [0.5, 0.6) is 0 Å². The number of nitrogens with two attached hydrogens (primary N) is 1. The molecule has 0 aliphatic rings. The lowest BCUT2D eigenvalue weighted by molar-refractivity contribution is 0.827. The van der Waals surface area contributed by atoms with Crippen LogP contribution in [0.3, 0.4) is 0 Å². The fraction of sp³-hybridized carbons (Fsp3) is 0.118. The van der Waals surface area contributed by atoms with Gasteiger partial charge in [0.1, 0.15) is 5.82 Å². The largest absolute Gasteiger partial charge is 0.384 e. The first-order valence-corrected chi connectivity index (χ1v) is 7.10. The van der Waals surface area contributed by atoms with Gasteiger partial charge in [0.2, 0.25) is 0 Å². The zero-order valence-corrected chi connectivity index (χ0v) is 11.8. The summed E-state index contributed by atoms with van der Waals surface area (Å²) in [7, 11) is 0. The molecule has 0 saturated carbocycles. The first kappa shape index (κ1) is 12.0. The molecule has 2 aromatic carbocycles. The molecule has 21 heavy (non-hydrogen) atoms. The Balaban J connectivity index is 2.08. The molecule has 0 atom stereocenters. The molecule has 4 heteroatoms. The van der Waals surface area contributed by atoms with Crippen molar-refractivity contribution < 1.29 is 0 Å². The topological polar surface area (TPSA) is 59.6 Å². The molecule has 4 nitrogen and oxygen atoms in total. The number of rotatable bonds is 2. The molecule has 2 heterocycles. The van der Waals surface area contributed by atoms with Crippen molar-refractivity contribution in [1.29, 1.82) is 0 Å². The number of H-pyrrole nitrogens is 1. The minimum absolute atomic E-state index is 0.605. The van der Waals surface area contributed by atoms with Crippen molar-refractivity contribution in [2.45, 2.75) is 13.5 Å². The van der Waals surface area contributed by atoms with Gasteiger partial charge in [0.15, 0.2) is 0 Å². The van der Waals surface area contributed by atoms with E-state index < -0.39 is 0 Å². The minimum Gasteiger partial charge on any atom is -0.384 e. The maximum Gasteiger partial charge on any atom is 0.126 e. The second-order valence-corrected chi connectivity index (χ2v) is 5.19. The Kier molecular flexibility index (Phi) is 2.51. The number of nitrogens with one attached hydrogen (secondary N) is 1. The molecule has 0 aliphatic heterocycles. The van der Waals surface area contributed by atoms with E-state index in [0.717, 1.165) is 17.7 Å². The summed E-state index contributed by atoms with van der Waals surface area (Å²) in [4.78, 5) is 0. The first-order chi connectivity index (χ1) is 10.3. The van der Waals surface area contributed by atoms with Crippen LogP contribution in [-0.4, -0.2) is 14.8 Å². The van der Waals surface area contributed by atoms with E-state index in [2.05, 4.69) is 64.2 Å². The van der Waals surface area contributed by atoms with E-state index in [4.69, 9.17) is 5.73 Å². The number of aromatic amines is 1. The smallest absolute Gasteiger partial charge is 0.126 e. The molecule has 104 valence electrons. The zero-order chi connectivity index (χ0) is 14.4. The second-order valence-electron chi connectivity index (χ2n) is 5.19. The summed E-state index contributed by atoms with van der Waals surface area (Å²) in [5, 5.41) is 9.33. The molecular formula is C17H16N4. The Morgan fingerprint density at radius 1 is 1.10 bits per heavy atom. The highest BCUT2D eigenvalue weighted by atomic mass is 15.1. The summed E-state index contributed by atoms with van der Waals surface area (Å²) in [6.07, 6.45) is 1.77. The van der Waals surface area contributed by atoms with Gasteiger partial charge in [0, 0.05) is 33.9 Å². The SMILES string of the molecule is CCn1c2ccccc2c2cc(-c3cn[nH]c3N)ccc21. The van der Waals surface area contributed by atoms with Crippen LogP contribution in [0.15, 0.2) is 48.7 Å². The standard InChI is InChI=1S/C17H16N4/c1-2-21-15-6-4-3-5-12(15)13-9-11(7-8-16(13)21)14-10-19-20-17(14)18/h3-10H,2H2,1H3,(H3,18,19,20). The quantitative estimate of drug-likeness (QED) is 0.585. The molecule has 0 spiro atoms. The number of aryl methyl sites for hydroxylation is 1. The Labute approximate surface area is 122 Å². The summed E-state index contributed by atoms with van der Waals surface area (Å²) in [6, 6.07) is 15.0.